The van der Waals surface area contributed by atoms with E-state index in [4.69, 9.17) is 11.6 Å². The zero-order valence-corrected chi connectivity index (χ0v) is 9.85. The molecule has 2 aromatic carbocycles. The Morgan fingerprint density at radius 1 is 0.765 bits per heavy atom. The molecule has 1 heterocycles. The molecule has 0 saturated carbocycles. The second-order valence-electron chi connectivity index (χ2n) is 3.87. The van der Waals surface area contributed by atoms with Gasteiger partial charge in [-0.1, -0.05) is 54.1 Å². The van der Waals surface area contributed by atoms with Gasteiger partial charge in [0.05, 0.1) is 5.52 Å². The number of halogens is 1. The lowest BCUT2D eigenvalue weighted by molar-refractivity contribution is 1.41. The van der Waals surface area contributed by atoms with Crippen LogP contribution in [0.5, 0.6) is 0 Å². The molecule has 0 fully saturated rings. The average molecular weight is 240 g/mol. The van der Waals surface area contributed by atoms with E-state index in [1.165, 1.54) is 11.1 Å². The zero-order chi connectivity index (χ0) is 11.7. The fourth-order valence-electron chi connectivity index (χ4n) is 2.00. The summed E-state index contributed by atoms with van der Waals surface area (Å²) >= 11 is 5.91. The molecule has 0 aliphatic heterocycles. The van der Waals surface area contributed by atoms with Crippen LogP contribution in [0, 0.1) is 0 Å². The quantitative estimate of drug-likeness (QED) is 0.568. The van der Waals surface area contributed by atoms with E-state index in [-0.39, 0.29) is 0 Å². The van der Waals surface area contributed by atoms with Gasteiger partial charge in [-0.15, -0.1) is 0 Å². The van der Waals surface area contributed by atoms with Crippen molar-refractivity contribution in [3.05, 3.63) is 65.8 Å². The number of hydrogen-bond acceptors (Lipinski definition) is 1. The van der Waals surface area contributed by atoms with Crippen LogP contribution in [0.1, 0.15) is 0 Å². The second-order valence-corrected chi connectivity index (χ2v) is 4.26. The van der Waals surface area contributed by atoms with Crippen LogP contribution in [0.2, 0.25) is 5.15 Å². The number of pyridine rings is 1. The molecule has 0 bridgehead atoms. The molecule has 1 nitrogen and oxygen atoms in total. The van der Waals surface area contributed by atoms with Crippen LogP contribution in [0.25, 0.3) is 22.0 Å². The van der Waals surface area contributed by atoms with Crippen molar-refractivity contribution in [2.75, 3.05) is 0 Å². The highest BCUT2D eigenvalue weighted by atomic mass is 35.5. The lowest BCUT2D eigenvalue weighted by Crippen LogP contribution is -1.84. The van der Waals surface area contributed by atoms with Crippen molar-refractivity contribution in [1.82, 2.24) is 4.98 Å². The average Bonchev–Trinajstić information content (AvgIpc) is 2.39. The van der Waals surface area contributed by atoms with Gasteiger partial charge in [-0.05, 0) is 29.3 Å². The number of hydrogen-bond donors (Lipinski definition) is 0. The van der Waals surface area contributed by atoms with Crippen molar-refractivity contribution < 1.29 is 0 Å². The second kappa shape index (κ2) is 4.19. The summed E-state index contributed by atoms with van der Waals surface area (Å²) < 4.78 is 0. The third-order valence-electron chi connectivity index (χ3n) is 2.78. The van der Waals surface area contributed by atoms with E-state index in [0.29, 0.717) is 5.15 Å². The van der Waals surface area contributed by atoms with E-state index in [2.05, 4.69) is 23.2 Å². The topological polar surface area (TPSA) is 12.9 Å². The molecule has 0 N–H and O–H groups in total. The largest absolute Gasteiger partial charge is 0.236 e. The molecule has 17 heavy (non-hydrogen) atoms. The van der Waals surface area contributed by atoms with Gasteiger partial charge in [-0.2, -0.15) is 0 Å². The zero-order valence-electron chi connectivity index (χ0n) is 9.10. The Hall–Kier alpha value is -1.86. The van der Waals surface area contributed by atoms with Crippen molar-refractivity contribution in [2.45, 2.75) is 0 Å². The minimum atomic E-state index is 0.530. The molecule has 1 aromatic heterocycles. The standard InChI is InChI=1S/C15H10ClN/c16-15-10-9-13-12(7-4-8-14(13)17-15)11-5-2-1-3-6-11/h1-10H. The summed E-state index contributed by atoms with van der Waals surface area (Å²) in [5.74, 6) is 0. The SMILES string of the molecule is Clc1ccc2c(-c3ccccc3)cccc2n1. The highest BCUT2D eigenvalue weighted by Gasteiger charge is 2.04. The molecule has 0 radical (unpaired) electrons. The first-order valence-corrected chi connectivity index (χ1v) is 5.83. The molecule has 2 heteroatoms. The normalized spacial score (nSPS) is 10.6. The van der Waals surface area contributed by atoms with Crippen LogP contribution in [-0.4, -0.2) is 4.98 Å². The highest BCUT2D eigenvalue weighted by molar-refractivity contribution is 6.29. The number of nitrogens with zero attached hydrogens (tertiary/aromatic N) is 1. The Morgan fingerprint density at radius 3 is 2.41 bits per heavy atom. The lowest BCUT2D eigenvalue weighted by Gasteiger charge is -2.06. The van der Waals surface area contributed by atoms with E-state index >= 15 is 0 Å². The summed E-state index contributed by atoms with van der Waals surface area (Å²) in [7, 11) is 0. The number of fused-ring (bicyclic) bond motifs is 1. The van der Waals surface area contributed by atoms with Crippen molar-refractivity contribution in [3.63, 3.8) is 0 Å². The Morgan fingerprint density at radius 2 is 1.59 bits per heavy atom. The van der Waals surface area contributed by atoms with E-state index < -0.39 is 0 Å². The molecule has 3 aromatic rings. The fourth-order valence-corrected chi connectivity index (χ4v) is 2.15. The maximum atomic E-state index is 5.91. The van der Waals surface area contributed by atoms with E-state index in [0.717, 1.165) is 10.9 Å². The van der Waals surface area contributed by atoms with Gasteiger partial charge in [0.1, 0.15) is 5.15 Å². The number of benzene rings is 2. The molecule has 0 unspecified atom stereocenters. The van der Waals surface area contributed by atoms with Crippen LogP contribution in [0.3, 0.4) is 0 Å². The van der Waals surface area contributed by atoms with Crippen molar-refractivity contribution in [2.24, 2.45) is 0 Å². The van der Waals surface area contributed by atoms with E-state index in [1.807, 2.05) is 42.5 Å². The lowest BCUT2D eigenvalue weighted by atomic mass is 10.0. The maximum Gasteiger partial charge on any atom is 0.129 e. The summed E-state index contributed by atoms with van der Waals surface area (Å²) in [5.41, 5.74) is 3.31. The summed E-state index contributed by atoms with van der Waals surface area (Å²) in [6.45, 7) is 0. The molecule has 0 spiro atoms. The molecule has 82 valence electrons. The Balaban J connectivity index is 2.31. The molecule has 0 saturated heterocycles. The third kappa shape index (κ3) is 1.90. The molecular weight excluding hydrogens is 230 g/mol. The Bertz CT molecular complexity index is 662. The highest BCUT2D eigenvalue weighted by Crippen LogP contribution is 2.28. The van der Waals surface area contributed by atoms with Crippen molar-refractivity contribution in [3.8, 4) is 11.1 Å². The van der Waals surface area contributed by atoms with Crippen LogP contribution >= 0.6 is 11.6 Å². The summed E-state index contributed by atoms with van der Waals surface area (Å²) in [5, 5.41) is 1.66. The van der Waals surface area contributed by atoms with E-state index in [9.17, 15) is 0 Å². The minimum Gasteiger partial charge on any atom is -0.236 e. The summed E-state index contributed by atoms with van der Waals surface area (Å²) in [6, 6.07) is 20.2. The van der Waals surface area contributed by atoms with Gasteiger partial charge in [-0.3, -0.25) is 0 Å². The van der Waals surface area contributed by atoms with Crippen LogP contribution in [0.4, 0.5) is 0 Å². The van der Waals surface area contributed by atoms with Crippen molar-refractivity contribution >= 4 is 22.5 Å². The van der Waals surface area contributed by atoms with Crippen LogP contribution in [0.15, 0.2) is 60.7 Å². The van der Waals surface area contributed by atoms with E-state index in [1.54, 1.807) is 0 Å². The molecular formula is C15H10ClN. The smallest absolute Gasteiger partial charge is 0.129 e. The Kier molecular flexibility index (Phi) is 2.54. The fraction of sp³-hybridized carbons (Fsp3) is 0. The predicted molar refractivity (Wildman–Crippen MR) is 72.2 cm³/mol. The summed E-state index contributed by atoms with van der Waals surface area (Å²) in [4.78, 5) is 4.33. The van der Waals surface area contributed by atoms with Crippen LogP contribution in [-0.2, 0) is 0 Å². The van der Waals surface area contributed by atoms with Gasteiger partial charge >= 0.3 is 0 Å². The number of rotatable bonds is 1. The van der Waals surface area contributed by atoms with Gasteiger partial charge in [0.25, 0.3) is 0 Å². The minimum absolute atomic E-state index is 0.530. The van der Waals surface area contributed by atoms with Gasteiger partial charge < -0.3 is 0 Å². The maximum absolute atomic E-state index is 5.91. The monoisotopic (exact) mass is 239 g/mol. The molecule has 0 aliphatic carbocycles. The molecule has 3 rings (SSSR count). The van der Waals surface area contributed by atoms with Gasteiger partial charge in [-0.25, -0.2) is 4.98 Å². The predicted octanol–water partition coefficient (Wildman–Crippen LogP) is 4.56. The van der Waals surface area contributed by atoms with Crippen molar-refractivity contribution in [1.29, 1.82) is 0 Å². The van der Waals surface area contributed by atoms with Gasteiger partial charge in [0, 0.05) is 5.39 Å². The van der Waals surface area contributed by atoms with Crippen LogP contribution < -0.4 is 0 Å². The number of aromatic nitrogens is 1. The third-order valence-corrected chi connectivity index (χ3v) is 2.99. The molecule has 0 amide bonds. The molecule has 0 aliphatic rings. The summed E-state index contributed by atoms with van der Waals surface area (Å²) in [6.07, 6.45) is 0. The first kappa shape index (κ1) is 10.3. The molecule has 0 atom stereocenters. The first-order valence-electron chi connectivity index (χ1n) is 5.45. The van der Waals surface area contributed by atoms with Gasteiger partial charge in [0.15, 0.2) is 0 Å². The van der Waals surface area contributed by atoms with Gasteiger partial charge in [0.2, 0.25) is 0 Å². The first-order chi connectivity index (χ1) is 8.34. The Labute approximate surface area is 105 Å².